The van der Waals surface area contributed by atoms with Crippen LogP contribution in [0.3, 0.4) is 0 Å². The Morgan fingerprint density at radius 3 is 2.29 bits per heavy atom. The lowest BCUT2D eigenvalue weighted by Gasteiger charge is -2.38. The Balaban J connectivity index is 1.47. The molecule has 0 atom stereocenters. The molecule has 0 unspecified atom stereocenters. The molecule has 0 aromatic heterocycles. The molecule has 0 saturated carbocycles. The van der Waals surface area contributed by atoms with Crippen LogP contribution in [0, 0.1) is 0 Å². The number of phenols is 1. The number of hydrogen-bond acceptors (Lipinski definition) is 4. The van der Waals surface area contributed by atoms with E-state index in [0.29, 0.717) is 11.3 Å². The van der Waals surface area contributed by atoms with Crippen LogP contribution >= 0.6 is 0 Å². The first-order valence-electron chi connectivity index (χ1n) is 10.7. The summed E-state index contributed by atoms with van der Waals surface area (Å²) >= 11 is 0. The second-order valence-corrected chi connectivity index (χ2v) is 7.89. The van der Waals surface area contributed by atoms with Crippen molar-refractivity contribution in [3.05, 3.63) is 90.0 Å². The molecule has 0 bridgehead atoms. The summed E-state index contributed by atoms with van der Waals surface area (Å²) in [6.07, 6.45) is 1.81. The molecule has 1 amide bonds. The second kappa shape index (κ2) is 9.67. The van der Waals surface area contributed by atoms with Gasteiger partial charge in [0.25, 0.3) is 5.91 Å². The minimum absolute atomic E-state index is 0.0496. The van der Waals surface area contributed by atoms with Crippen molar-refractivity contribution in [2.45, 2.75) is 25.4 Å². The van der Waals surface area contributed by atoms with Gasteiger partial charge in [0.15, 0.2) is 11.5 Å². The van der Waals surface area contributed by atoms with Crippen molar-refractivity contribution < 1.29 is 14.6 Å². The lowest BCUT2D eigenvalue weighted by Crippen LogP contribution is -2.47. The summed E-state index contributed by atoms with van der Waals surface area (Å²) in [5.74, 6) is 0.701. The summed E-state index contributed by atoms with van der Waals surface area (Å²) < 4.78 is 5.23. The molecule has 1 heterocycles. The third-order valence-corrected chi connectivity index (χ3v) is 5.85. The molecule has 5 heteroatoms. The van der Waals surface area contributed by atoms with E-state index in [9.17, 15) is 9.90 Å². The third kappa shape index (κ3) is 4.89. The first-order valence-corrected chi connectivity index (χ1v) is 10.7. The molecule has 0 aliphatic carbocycles. The number of likely N-dealkylation sites (tertiary alicyclic amines) is 1. The van der Waals surface area contributed by atoms with Gasteiger partial charge < -0.3 is 14.7 Å². The molecule has 4 rings (SSSR count). The molecule has 5 nitrogen and oxygen atoms in total. The number of nitrogens with zero attached hydrogens (tertiary/aromatic N) is 2. The van der Waals surface area contributed by atoms with Gasteiger partial charge in [0, 0.05) is 36.9 Å². The number of ether oxygens (including phenoxy) is 1. The molecular weight excluding hydrogens is 388 g/mol. The molecule has 160 valence electrons. The van der Waals surface area contributed by atoms with Crippen LogP contribution < -0.4 is 9.64 Å². The Hall–Kier alpha value is -3.31. The van der Waals surface area contributed by atoms with Crippen LogP contribution in [0.2, 0.25) is 0 Å². The Morgan fingerprint density at radius 1 is 1.00 bits per heavy atom. The minimum atomic E-state index is 0.0496. The van der Waals surface area contributed by atoms with Crippen LogP contribution in [0.15, 0.2) is 78.9 Å². The van der Waals surface area contributed by atoms with Gasteiger partial charge in [-0.2, -0.15) is 0 Å². The Bertz CT molecular complexity index is 1000. The molecule has 0 spiro atoms. The number of para-hydroxylation sites is 1. The zero-order valence-electron chi connectivity index (χ0n) is 17.8. The van der Waals surface area contributed by atoms with Crippen LogP contribution in [0.4, 0.5) is 5.69 Å². The number of anilines is 1. The van der Waals surface area contributed by atoms with Crippen molar-refractivity contribution in [2.24, 2.45) is 0 Å². The summed E-state index contributed by atoms with van der Waals surface area (Å²) in [6.45, 7) is 2.60. The number of piperidine rings is 1. The number of benzene rings is 3. The highest BCUT2D eigenvalue weighted by Crippen LogP contribution is 2.29. The van der Waals surface area contributed by atoms with Gasteiger partial charge in [-0.1, -0.05) is 42.5 Å². The third-order valence-electron chi connectivity index (χ3n) is 5.85. The van der Waals surface area contributed by atoms with Gasteiger partial charge in [-0.05, 0) is 54.8 Å². The predicted octanol–water partition coefficient (Wildman–Crippen LogP) is 4.71. The highest BCUT2D eigenvalue weighted by molar-refractivity contribution is 6.06. The van der Waals surface area contributed by atoms with Gasteiger partial charge in [0.2, 0.25) is 0 Å². The van der Waals surface area contributed by atoms with Crippen molar-refractivity contribution >= 4 is 11.6 Å². The molecule has 1 saturated heterocycles. The largest absolute Gasteiger partial charge is 0.504 e. The number of carbonyl (C=O) groups excluding carboxylic acids is 1. The standard InChI is InChI=1S/C26H28N2O3/c1-31-25-18-20(12-13-24(25)29)19-27-16-14-23(15-17-27)28(22-10-6-3-7-11-22)26(30)21-8-4-2-5-9-21/h2-13,18,23,29H,14-17,19H2,1H3. The van der Waals surface area contributed by atoms with Gasteiger partial charge in [-0.25, -0.2) is 0 Å². The Labute approximate surface area is 183 Å². The fourth-order valence-corrected chi connectivity index (χ4v) is 4.22. The summed E-state index contributed by atoms with van der Waals surface area (Å²) in [4.78, 5) is 17.8. The van der Waals surface area contributed by atoms with E-state index in [0.717, 1.165) is 43.7 Å². The molecule has 1 N–H and O–H groups in total. The maximum Gasteiger partial charge on any atom is 0.258 e. The maximum atomic E-state index is 13.4. The molecule has 3 aromatic carbocycles. The summed E-state index contributed by atoms with van der Waals surface area (Å²) in [6, 6.07) is 25.1. The van der Waals surface area contributed by atoms with Crippen molar-refractivity contribution in [3.63, 3.8) is 0 Å². The fraction of sp³-hybridized carbons (Fsp3) is 0.269. The lowest BCUT2D eigenvalue weighted by molar-refractivity contribution is 0.0958. The molecule has 1 aliphatic heterocycles. The van der Waals surface area contributed by atoms with Crippen LogP contribution in [-0.4, -0.2) is 42.2 Å². The molecule has 31 heavy (non-hydrogen) atoms. The van der Waals surface area contributed by atoms with Crippen LogP contribution in [0.5, 0.6) is 11.5 Å². The first-order chi connectivity index (χ1) is 15.2. The number of phenolic OH excluding ortho intramolecular Hbond substituents is 1. The number of carbonyl (C=O) groups is 1. The second-order valence-electron chi connectivity index (χ2n) is 7.89. The number of hydrogen-bond donors (Lipinski definition) is 1. The van der Waals surface area contributed by atoms with E-state index < -0.39 is 0 Å². The van der Waals surface area contributed by atoms with Gasteiger partial charge in [-0.15, -0.1) is 0 Å². The van der Waals surface area contributed by atoms with Gasteiger partial charge in [0.05, 0.1) is 7.11 Å². The Morgan fingerprint density at radius 2 is 1.65 bits per heavy atom. The average Bonchev–Trinajstić information content (AvgIpc) is 2.83. The van der Waals surface area contributed by atoms with Crippen molar-refractivity contribution in [1.82, 2.24) is 4.90 Å². The molecule has 3 aromatic rings. The van der Waals surface area contributed by atoms with E-state index >= 15 is 0 Å². The highest BCUT2D eigenvalue weighted by Gasteiger charge is 2.29. The summed E-state index contributed by atoms with van der Waals surface area (Å²) in [5, 5.41) is 9.81. The summed E-state index contributed by atoms with van der Waals surface area (Å²) in [5.41, 5.74) is 2.76. The minimum Gasteiger partial charge on any atom is -0.504 e. The van der Waals surface area contributed by atoms with Gasteiger partial charge >= 0.3 is 0 Å². The highest BCUT2D eigenvalue weighted by atomic mass is 16.5. The lowest BCUT2D eigenvalue weighted by atomic mass is 10.00. The zero-order valence-corrected chi connectivity index (χ0v) is 17.8. The molecule has 1 aliphatic rings. The topological polar surface area (TPSA) is 53.0 Å². The van der Waals surface area contributed by atoms with E-state index in [1.54, 1.807) is 13.2 Å². The van der Waals surface area contributed by atoms with Crippen molar-refractivity contribution in [3.8, 4) is 11.5 Å². The van der Waals surface area contributed by atoms with Crippen molar-refractivity contribution in [1.29, 1.82) is 0 Å². The normalized spacial score (nSPS) is 14.9. The first kappa shape index (κ1) is 20.9. The van der Waals surface area contributed by atoms with E-state index in [4.69, 9.17) is 4.74 Å². The quantitative estimate of drug-likeness (QED) is 0.632. The average molecular weight is 417 g/mol. The predicted molar refractivity (Wildman–Crippen MR) is 123 cm³/mol. The summed E-state index contributed by atoms with van der Waals surface area (Å²) in [7, 11) is 1.56. The fourth-order valence-electron chi connectivity index (χ4n) is 4.22. The van der Waals surface area contributed by atoms with E-state index in [1.807, 2.05) is 77.7 Å². The molecule has 1 fully saturated rings. The van der Waals surface area contributed by atoms with Crippen LogP contribution in [0.1, 0.15) is 28.8 Å². The number of rotatable bonds is 6. The van der Waals surface area contributed by atoms with E-state index in [-0.39, 0.29) is 17.7 Å². The number of methoxy groups -OCH3 is 1. The Kier molecular flexibility index (Phi) is 6.53. The van der Waals surface area contributed by atoms with Crippen LogP contribution in [0.25, 0.3) is 0 Å². The van der Waals surface area contributed by atoms with Crippen molar-refractivity contribution in [2.75, 3.05) is 25.1 Å². The van der Waals surface area contributed by atoms with Gasteiger partial charge in [-0.3, -0.25) is 9.69 Å². The monoisotopic (exact) mass is 416 g/mol. The van der Waals surface area contributed by atoms with Gasteiger partial charge in [0.1, 0.15) is 0 Å². The molecule has 0 radical (unpaired) electrons. The smallest absolute Gasteiger partial charge is 0.258 e. The SMILES string of the molecule is COc1cc(CN2CCC(N(C(=O)c3ccccc3)c3ccccc3)CC2)ccc1O. The maximum absolute atomic E-state index is 13.4. The number of aromatic hydroxyl groups is 1. The van der Waals surface area contributed by atoms with Crippen LogP contribution in [-0.2, 0) is 6.54 Å². The number of amides is 1. The van der Waals surface area contributed by atoms with E-state index in [1.165, 1.54) is 0 Å². The van der Waals surface area contributed by atoms with E-state index in [2.05, 4.69) is 4.90 Å². The molecular formula is C26H28N2O3. The zero-order chi connectivity index (χ0) is 21.6.